The van der Waals surface area contributed by atoms with Crippen LogP contribution < -0.4 is 5.32 Å². The topological polar surface area (TPSA) is 45.4 Å². The molecule has 1 aromatic heterocycles. The fraction of sp³-hybridized carbons (Fsp3) is 0.222. The van der Waals surface area contributed by atoms with E-state index < -0.39 is 0 Å². The molecule has 3 nitrogen and oxygen atoms in total. The lowest BCUT2D eigenvalue weighted by molar-refractivity contribution is 0.473. The number of para-hydroxylation sites is 1. The first-order chi connectivity index (χ1) is 10.3. The molecule has 0 aliphatic heterocycles. The van der Waals surface area contributed by atoms with Gasteiger partial charge in [-0.25, -0.2) is 0 Å². The van der Waals surface area contributed by atoms with Crippen LogP contribution in [0.4, 0.5) is 0 Å². The molecule has 108 valence electrons. The Balaban J connectivity index is 1.94. The molecular weight excluding hydrogens is 262 g/mol. The third-order valence-corrected chi connectivity index (χ3v) is 3.69. The number of rotatable bonds is 5. The lowest BCUT2D eigenvalue weighted by Gasteiger charge is -2.17. The number of aromatic hydroxyl groups is 1. The number of phenolic OH excluding ortho intramolecular Hbond substituents is 1. The Morgan fingerprint density at radius 2 is 2.00 bits per heavy atom. The van der Waals surface area contributed by atoms with Crippen LogP contribution in [-0.4, -0.2) is 11.7 Å². The molecule has 0 radical (unpaired) electrons. The number of fused-ring (bicyclic) bond motifs is 1. The smallest absolute Gasteiger partial charge is 0.134 e. The zero-order valence-corrected chi connectivity index (χ0v) is 12.0. The van der Waals surface area contributed by atoms with Gasteiger partial charge in [-0.2, -0.15) is 0 Å². The monoisotopic (exact) mass is 281 g/mol. The first-order valence-electron chi connectivity index (χ1n) is 7.25. The van der Waals surface area contributed by atoms with Crippen molar-refractivity contribution in [2.24, 2.45) is 0 Å². The summed E-state index contributed by atoms with van der Waals surface area (Å²) < 4.78 is 5.65. The van der Waals surface area contributed by atoms with Gasteiger partial charge in [0.05, 0.1) is 6.26 Å². The first kappa shape index (κ1) is 13.7. The summed E-state index contributed by atoms with van der Waals surface area (Å²) in [7, 11) is 0. The van der Waals surface area contributed by atoms with Crippen molar-refractivity contribution in [2.45, 2.75) is 19.4 Å². The number of benzene rings is 2. The largest absolute Gasteiger partial charge is 0.508 e. The van der Waals surface area contributed by atoms with E-state index in [4.69, 9.17) is 4.42 Å². The first-order valence-corrected chi connectivity index (χ1v) is 7.25. The zero-order chi connectivity index (χ0) is 14.7. The molecule has 3 heteroatoms. The van der Waals surface area contributed by atoms with E-state index in [0.29, 0.717) is 5.75 Å². The van der Waals surface area contributed by atoms with E-state index in [-0.39, 0.29) is 6.04 Å². The summed E-state index contributed by atoms with van der Waals surface area (Å²) in [6.45, 7) is 2.97. The molecule has 0 saturated carbocycles. The van der Waals surface area contributed by atoms with Gasteiger partial charge in [-0.1, -0.05) is 37.3 Å². The molecule has 1 unspecified atom stereocenters. The van der Waals surface area contributed by atoms with E-state index in [2.05, 4.69) is 18.3 Å². The quantitative estimate of drug-likeness (QED) is 0.742. The Bertz CT molecular complexity index is 733. The van der Waals surface area contributed by atoms with Gasteiger partial charge in [0, 0.05) is 17.0 Å². The molecule has 0 spiro atoms. The second kappa shape index (κ2) is 6.02. The molecule has 1 atom stereocenters. The third kappa shape index (κ3) is 2.93. The Morgan fingerprint density at radius 3 is 2.81 bits per heavy atom. The number of hydrogen-bond acceptors (Lipinski definition) is 3. The Hall–Kier alpha value is -2.26. The summed E-state index contributed by atoms with van der Waals surface area (Å²) in [5.41, 5.74) is 3.17. The summed E-state index contributed by atoms with van der Waals surface area (Å²) in [5.74, 6) is 0.305. The molecule has 0 amide bonds. The predicted octanol–water partition coefficient (Wildman–Crippen LogP) is 4.03. The SMILES string of the molecule is CCNC(Cc1cccc(O)c1)c1coc2ccccc12. The van der Waals surface area contributed by atoms with Crippen LogP contribution in [0.15, 0.2) is 59.2 Å². The average molecular weight is 281 g/mol. The van der Waals surface area contributed by atoms with Crippen LogP contribution in [-0.2, 0) is 6.42 Å². The normalized spacial score (nSPS) is 12.6. The number of phenols is 1. The lowest BCUT2D eigenvalue weighted by Crippen LogP contribution is -2.22. The highest BCUT2D eigenvalue weighted by molar-refractivity contribution is 5.81. The fourth-order valence-electron chi connectivity index (χ4n) is 2.73. The lowest BCUT2D eigenvalue weighted by atomic mass is 9.98. The average Bonchev–Trinajstić information content (AvgIpc) is 2.91. The van der Waals surface area contributed by atoms with Crippen LogP contribution in [0.1, 0.15) is 24.1 Å². The van der Waals surface area contributed by atoms with E-state index >= 15 is 0 Å². The van der Waals surface area contributed by atoms with Crippen LogP contribution in [0.25, 0.3) is 11.0 Å². The maximum atomic E-state index is 9.62. The highest BCUT2D eigenvalue weighted by Gasteiger charge is 2.16. The molecule has 2 aromatic carbocycles. The van der Waals surface area contributed by atoms with Crippen molar-refractivity contribution < 1.29 is 9.52 Å². The van der Waals surface area contributed by atoms with E-state index in [0.717, 1.165) is 35.1 Å². The minimum Gasteiger partial charge on any atom is -0.508 e. The predicted molar refractivity (Wildman–Crippen MR) is 84.4 cm³/mol. The molecule has 21 heavy (non-hydrogen) atoms. The van der Waals surface area contributed by atoms with E-state index in [1.54, 1.807) is 6.07 Å². The molecule has 0 aliphatic carbocycles. The maximum absolute atomic E-state index is 9.62. The second-order valence-electron chi connectivity index (χ2n) is 5.17. The van der Waals surface area contributed by atoms with Gasteiger partial charge in [-0.05, 0) is 36.7 Å². The molecular formula is C18H19NO2. The molecule has 0 aliphatic rings. The Morgan fingerprint density at radius 1 is 1.14 bits per heavy atom. The highest BCUT2D eigenvalue weighted by Crippen LogP contribution is 2.29. The zero-order valence-electron chi connectivity index (χ0n) is 12.0. The van der Waals surface area contributed by atoms with Crippen molar-refractivity contribution >= 4 is 11.0 Å². The van der Waals surface area contributed by atoms with Gasteiger partial charge >= 0.3 is 0 Å². The molecule has 3 rings (SSSR count). The van der Waals surface area contributed by atoms with Crippen molar-refractivity contribution in [1.29, 1.82) is 0 Å². The van der Waals surface area contributed by atoms with Crippen LogP contribution >= 0.6 is 0 Å². The summed E-state index contributed by atoms with van der Waals surface area (Å²) in [5, 5.41) is 14.3. The van der Waals surface area contributed by atoms with E-state index in [1.807, 2.05) is 42.7 Å². The van der Waals surface area contributed by atoms with E-state index in [9.17, 15) is 5.11 Å². The van der Waals surface area contributed by atoms with Gasteiger partial charge in [0.1, 0.15) is 11.3 Å². The maximum Gasteiger partial charge on any atom is 0.134 e. The third-order valence-electron chi connectivity index (χ3n) is 3.69. The standard InChI is InChI=1S/C18H19NO2/c1-2-19-17(11-13-6-5-7-14(20)10-13)16-12-21-18-9-4-3-8-15(16)18/h3-10,12,17,19-20H,2,11H2,1H3. The van der Waals surface area contributed by atoms with Crippen LogP contribution in [0.5, 0.6) is 5.75 Å². The summed E-state index contributed by atoms with van der Waals surface area (Å²) in [6.07, 6.45) is 2.65. The van der Waals surface area contributed by atoms with Crippen molar-refractivity contribution in [3.05, 3.63) is 65.9 Å². The van der Waals surface area contributed by atoms with Gasteiger partial charge in [0.2, 0.25) is 0 Å². The van der Waals surface area contributed by atoms with Crippen molar-refractivity contribution in [1.82, 2.24) is 5.32 Å². The minimum absolute atomic E-state index is 0.167. The van der Waals surface area contributed by atoms with E-state index in [1.165, 1.54) is 0 Å². The number of nitrogens with one attached hydrogen (secondary N) is 1. The summed E-state index contributed by atoms with van der Waals surface area (Å²) >= 11 is 0. The number of furan rings is 1. The molecule has 1 heterocycles. The minimum atomic E-state index is 0.167. The Labute approximate surface area is 124 Å². The van der Waals surface area contributed by atoms with Gasteiger partial charge in [-0.3, -0.25) is 0 Å². The molecule has 0 fully saturated rings. The fourth-order valence-corrected chi connectivity index (χ4v) is 2.73. The Kier molecular flexibility index (Phi) is 3.93. The van der Waals surface area contributed by atoms with Gasteiger partial charge in [0.15, 0.2) is 0 Å². The van der Waals surface area contributed by atoms with Gasteiger partial charge < -0.3 is 14.8 Å². The molecule has 0 bridgehead atoms. The molecule has 2 N–H and O–H groups in total. The van der Waals surface area contributed by atoms with Crippen LogP contribution in [0, 0.1) is 0 Å². The van der Waals surface area contributed by atoms with Crippen LogP contribution in [0.3, 0.4) is 0 Å². The van der Waals surface area contributed by atoms with Gasteiger partial charge in [0.25, 0.3) is 0 Å². The number of likely N-dealkylation sites (N-methyl/N-ethyl adjacent to an activating group) is 1. The summed E-state index contributed by atoms with van der Waals surface area (Å²) in [4.78, 5) is 0. The molecule has 0 saturated heterocycles. The van der Waals surface area contributed by atoms with Crippen molar-refractivity contribution in [3.63, 3.8) is 0 Å². The van der Waals surface area contributed by atoms with Gasteiger partial charge in [-0.15, -0.1) is 0 Å². The second-order valence-corrected chi connectivity index (χ2v) is 5.17. The van der Waals surface area contributed by atoms with Crippen LogP contribution in [0.2, 0.25) is 0 Å². The van der Waals surface area contributed by atoms with Crippen molar-refractivity contribution in [3.8, 4) is 5.75 Å². The molecule has 3 aromatic rings. The highest BCUT2D eigenvalue weighted by atomic mass is 16.3. The number of hydrogen-bond donors (Lipinski definition) is 2. The summed E-state index contributed by atoms with van der Waals surface area (Å²) in [6, 6.07) is 15.7. The van der Waals surface area contributed by atoms with Crippen molar-refractivity contribution in [2.75, 3.05) is 6.54 Å².